The molecular weight excluding hydrogens is 624 g/mol. The van der Waals surface area contributed by atoms with Gasteiger partial charge < -0.3 is 0 Å². The van der Waals surface area contributed by atoms with E-state index in [1.165, 1.54) is 12.1 Å². The smallest absolute Gasteiger partial charge is 0.238 e. The molecule has 0 N–H and O–H groups in total. The topological polar surface area (TPSA) is 110 Å². The second kappa shape index (κ2) is 11.0. The van der Waals surface area contributed by atoms with Crippen LogP contribution in [0, 0.1) is 101 Å². The van der Waals surface area contributed by atoms with Gasteiger partial charge in [0.05, 0.1) is 28.8 Å². The van der Waals surface area contributed by atoms with Gasteiger partial charge in [-0.15, -0.1) is 0 Å². The minimum Gasteiger partial charge on any atom is -0.238 e. The summed E-state index contributed by atoms with van der Waals surface area (Å²) >= 11 is 0. The summed E-state index contributed by atoms with van der Waals surface area (Å²) in [5, 5.41) is 27.7. The normalized spacial score (nSPS) is 12.7. The van der Waals surface area contributed by atoms with E-state index in [0.717, 1.165) is 0 Å². The van der Waals surface area contributed by atoms with Crippen molar-refractivity contribution in [1.29, 1.82) is 15.8 Å². The number of allylic oxidation sites excluding steroid dienone is 2. The molecule has 2 aromatic heterocycles. The third-order valence-corrected chi connectivity index (χ3v) is 7.21. The number of hydrogen-bond acceptors (Lipinski definition) is 5. The predicted molar refractivity (Wildman–Crippen MR) is 137 cm³/mol. The van der Waals surface area contributed by atoms with Crippen LogP contribution >= 0.6 is 0 Å². The highest BCUT2D eigenvalue weighted by molar-refractivity contribution is 5.96. The molecule has 2 heterocycles. The number of hydrogen-bond donors (Lipinski definition) is 0. The molecule has 0 unspecified atom stereocenters. The van der Waals surface area contributed by atoms with Crippen molar-refractivity contribution in [1.82, 2.24) is 9.97 Å². The van der Waals surface area contributed by atoms with Crippen molar-refractivity contribution < 1.29 is 35.1 Å². The maximum atomic E-state index is 15.5. The highest BCUT2D eigenvalue weighted by atomic mass is 19.2. The first-order valence-electron chi connectivity index (χ1n) is 12.1. The quantitative estimate of drug-likeness (QED) is 0.169. The Bertz CT molecular complexity index is 2220. The summed E-state index contributed by atoms with van der Waals surface area (Å²) in [5.74, 6) is -18.2. The van der Waals surface area contributed by atoms with Gasteiger partial charge in [-0.3, -0.25) is 0 Å². The van der Waals surface area contributed by atoms with Gasteiger partial charge in [-0.05, 0) is 33.9 Å². The zero-order chi connectivity index (χ0) is 33.8. The largest absolute Gasteiger partial charge is 0.512 e. The van der Waals surface area contributed by atoms with Gasteiger partial charge in [-0.2, -0.15) is 53.0 Å². The second-order valence-corrected chi connectivity index (χ2v) is 9.25. The molecule has 0 fully saturated rings. The summed E-state index contributed by atoms with van der Waals surface area (Å²) in [4.78, 5) is 14.2. The lowest BCUT2D eigenvalue weighted by molar-refractivity contribution is 0.410. The molecule has 0 saturated carbocycles. The van der Waals surface area contributed by atoms with Crippen molar-refractivity contribution in [2.75, 3.05) is 0 Å². The van der Waals surface area contributed by atoms with Crippen LogP contribution in [0.4, 0.5) is 35.1 Å². The van der Waals surface area contributed by atoms with Crippen molar-refractivity contribution in [2.45, 2.75) is 12.8 Å². The Morgan fingerprint density at radius 2 is 1.02 bits per heavy atom. The van der Waals surface area contributed by atoms with Crippen LogP contribution in [-0.4, -0.2) is 9.97 Å². The zero-order valence-electron chi connectivity index (χ0n) is 22.0. The van der Waals surface area contributed by atoms with Gasteiger partial charge in [0.1, 0.15) is 36.9 Å². The van der Waals surface area contributed by atoms with E-state index in [0.29, 0.717) is 0 Å². The number of benzene rings is 1. The number of nitriles is 3. The Kier molecular flexibility index (Phi) is 7.31. The lowest BCUT2D eigenvalue weighted by Crippen LogP contribution is -2.26. The molecule has 0 bridgehead atoms. The van der Waals surface area contributed by atoms with Crippen LogP contribution in [0.15, 0.2) is 22.5 Å². The van der Waals surface area contributed by atoms with E-state index >= 15 is 17.6 Å². The monoisotopic (exact) mass is 628 g/mol. The number of aromatic nitrogens is 2. The second-order valence-electron chi connectivity index (χ2n) is 9.25. The van der Waals surface area contributed by atoms with Gasteiger partial charge in [0.25, 0.3) is 23.8 Å². The standard InChI is InChI=1S/C30H4F8N8/c1-42-25-13(30(43-2)44-3)5-12-16(19-21(31)26(35)45-27(36)22(19)32)15-11(4-10(14(15)8-41)9(6-39)7-40)17(18(12)25)20-23(33)28(37)46-29(38)24(20)34/h4-5H2. The van der Waals surface area contributed by atoms with Crippen LogP contribution in [0.5, 0.6) is 0 Å². The maximum Gasteiger partial charge on any atom is 0.512 e. The third-order valence-electron chi connectivity index (χ3n) is 7.21. The SMILES string of the molecule is [C-]#[N+]C([N+]#[C-])=C1Cc2c(-c3c(F)c(F)nc(F)c3F)c3c(c(-c4c(F)c(F)nc(F)c4F)c2=C1[N+]#[C-])CC(=C(C#N)C#N)C=3C#N. The van der Waals surface area contributed by atoms with Crippen molar-refractivity contribution >= 4 is 11.3 Å². The highest BCUT2D eigenvalue weighted by Gasteiger charge is 2.40. The number of rotatable bonds is 2. The van der Waals surface area contributed by atoms with E-state index in [2.05, 4.69) is 24.5 Å². The van der Waals surface area contributed by atoms with Crippen LogP contribution in [0.1, 0.15) is 11.1 Å². The molecule has 0 aliphatic heterocycles. The van der Waals surface area contributed by atoms with Crippen LogP contribution in [0.3, 0.4) is 0 Å². The van der Waals surface area contributed by atoms with Crippen LogP contribution in [0.2, 0.25) is 0 Å². The van der Waals surface area contributed by atoms with Gasteiger partial charge in [-0.1, -0.05) is 0 Å². The zero-order valence-corrected chi connectivity index (χ0v) is 22.0. The summed E-state index contributed by atoms with van der Waals surface area (Å²) in [6, 6.07) is 4.53. The molecular formula is C30H4F8N8. The van der Waals surface area contributed by atoms with E-state index in [-0.39, 0.29) is 0 Å². The summed E-state index contributed by atoms with van der Waals surface area (Å²) in [6.45, 7) is 22.5. The lowest BCUT2D eigenvalue weighted by atomic mass is 9.86. The Morgan fingerprint density at radius 3 is 1.41 bits per heavy atom. The Labute approximate surface area is 251 Å². The first-order chi connectivity index (χ1) is 21.9. The first kappa shape index (κ1) is 30.6. The van der Waals surface area contributed by atoms with E-state index in [1.54, 1.807) is 6.07 Å². The van der Waals surface area contributed by atoms with Crippen molar-refractivity contribution in [2.24, 2.45) is 0 Å². The first-order valence-corrected chi connectivity index (χ1v) is 12.1. The summed E-state index contributed by atoms with van der Waals surface area (Å²) in [6.07, 6.45) is -1.75. The molecule has 16 heteroatoms. The van der Waals surface area contributed by atoms with Crippen LogP contribution < -0.4 is 10.4 Å². The summed E-state index contributed by atoms with van der Waals surface area (Å²) < 4.78 is 120. The van der Waals surface area contributed by atoms with Gasteiger partial charge >= 0.3 is 5.82 Å². The fraction of sp³-hybridized carbons (Fsp3) is 0.0667. The molecule has 2 aliphatic rings. The van der Waals surface area contributed by atoms with Gasteiger partial charge in [-0.25, -0.2) is 22.4 Å². The van der Waals surface area contributed by atoms with Gasteiger partial charge in [0, 0.05) is 17.2 Å². The van der Waals surface area contributed by atoms with Crippen molar-refractivity contribution in [3.05, 3.63) is 125 Å². The fourth-order valence-electron chi connectivity index (χ4n) is 5.50. The molecule has 3 aromatic rings. The Morgan fingerprint density at radius 1 is 0.609 bits per heavy atom. The molecule has 0 radical (unpaired) electrons. The van der Waals surface area contributed by atoms with Crippen molar-refractivity contribution in [3.63, 3.8) is 0 Å². The van der Waals surface area contributed by atoms with Crippen LogP contribution in [0.25, 0.3) is 48.1 Å². The minimum absolute atomic E-state index is 0.503. The Hall–Kier alpha value is -6.88. The maximum absolute atomic E-state index is 15.5. The van der Waals surface area contributed by atoms with E-state index in [1.807, 2.05) is 0 Å². The molecule has 220 valence electrons. The number of nitrogens with zero attached hydrogens (tertiary/aromatic N) is 8. The molecule has 1 aromatic carbocycles. The molecule has 5 rings (SSSR count). The van der Waals surface area contributed by atoms with Crippen molar-refractivity contribution in [3.8, 4) is 40.5 Å². The molecule has 0 atom stereocenters. The molecule has 8 nitrogen and oxygen atoms in total. The predicted octanol–water partition coefficient (Wildman–Crippen LogP) is 5.13. The molecule has 0 amide bonds. The minimum atomic E-state index is -2.19. The van der Waals surface area contributed by atoms with E-state index in [4.69, 9.17) is 19.7 Å². The van der Waals surface area contributed by atoms with Crippen LogP contribution in [-0.2, 0) is 12.8 Å². The number of fused-ring (bicyclic) bond motifs is 2. The molecule has 2 aliphatic carbocycles. The van der Waals surface area contributed by atoms with E-state index in [9.17, 15) is 33.3 Å². The highest BCUT2D eigenvalue weighted by Crippen LogP contribution is 2.42. The number of halogens is 8. The fourth-order valence-corrected chi connectivity index (χ4v) is 5.50. The molecule has 46 heavy (non-hydrogen) atoms. The molecule has 0 saturated heterocycles. The van der Waals surface area contributed by atoms with Gasteiger partial charge in [0.15, 0.2) is 29.0 Å². The average Bonchev–Trinajstić information content (AvgIpc) is 3.60. The molecule has 0 spiro atoms. The lowest BCUT2D eigenvalue weighted by Gasteiger charge is -2.18. The summed E-state index contributed by atoms with van der Waals surface area (Å²) in [7, 11) is 0. The third kappa shape index (κ3) is 4.07. The number of pyridine rings is 2. The van der Waals surface area contributed by atoms with Gasteiger partial charge in [0.2, 0.25) is 0 Å². The van der Waals surface area contributed by atoms with E-state index < -0.39 is 138 Å². The average molecular weight is 628 g/mol. The Balaban J connectivity index is 2.29. The summed E-state index contributed by atoms with van der Waals surface area (Å²) in [5.41, 5.74) is -9.65.